The molecule has 1 aromatic carbocycles. The molecule has 2 unspecified atom stereocenters. The number of benzene rings is 1. The molecule has 2 aliphatic heterocycles. The van der Waals surface area contributed by atoms with Crippen LogP contribution in [0.15, 0.2) is 24.3 Å². The number of carboxylic acids is 1. The number of hydrogen-bond donors (Lipinski definition) is 1. The maximum absolute atomic E-state index is 12.2. The second-order valence-electron chi connectivity index (χ2n) is 5.31. The molecule has 2 atom stereocenters. The van der Waals surface area contributed by atoms with Crippen molar-refractivity contribution >= 4 is 11.9 Å². The van der Waals surface area contributed by atoms with Gasteiger partial charge in [-0.15, -0.1) is 0 Å². The third-order valence-electron chi connectivity index (χ3n) is 4.10. The number of fused-ring (bicyclic) bond motifs is 1. The summed E-state index contributed by atoms with van der Waals surface area (Å²) in [5.74, 6) is -0.427. The Morgan fingerprint density at radius 1 is 1.30 bits per heavy atom. The maximum atomic E-state index is 12.2. The van der Waals surface area contributed by atoms with Crippen molar-refractivity contribution in [3.05, 3.63) is 29.8 Å². The van der Waals surface area contributed by atoms with Crippen molar-refractivity contribution in [2.75, 3.05) is 13.2 Å². The molecule has 0 bridgehead atoms. The summed E-state index contributed by atoms with van der Waals surface area (Å²) in [6, 6.07) is 7.61. The van der Waals surface area contributed by atoms with Gasteiger partial charge in [-0.3, -0.25) is 9.59 Å². The zero-order valence-electron chi connectivity index (χ0n) is 11.1. The lowest BCUT2D eigenvalue weighted by Crippen LogP contribution is -2.45. The highest BCUT2D eigenvalue weighted by molar-refractivity contribution is 5.81. The van der Waals surface area contributed by atoms with Gasteiger partial charge in [0.1, 0.15) is 5.75 Å². The van der Waals surface area contributed by atoms with E-state index in [1.54, 1.807) is 4.90 Å². The average molecular weight is 275 g/mol. The van der Waals surface area contributed by atoms with E-state index >= 15 is 0 Å². The molecular weight excluding hydrogens is 258 g/mol. The Kier molecular flexibility index (Phi) is 3.34. The van der Waals surface area contributed by atoms with Gasteiger partial charge in [0, 0.05) is 24.9 Å². The lowest BCUT2D eigenvalue weighted by molar-refractivity contribution is -0.149. The summed E-state index contributed by atoms with van der Waals surface area (Å²) in [5.41, 5.74) is 0.984. The fraction of sp³-hybridized carbons (Fsp3) is 0.467. The Balaban J connectivity index is 1.88. The van der Waals surface area contributed by atoms with Crippen LogP contribution in [0, 0.1) is 5.92 Å². The number of carboxylic acid groups (broad SMARTS) is 1. The third-order valence-corrected chi connectivity index (χ3v) is 4.10. The minimum absolute atomic E-state index is 0.0456. The summed E-state index contributed by atoms with van der Waals surface area (Å²) in [7, 11) is 0. The fourth-order valence-electron chi connectivity index (χ4n) is 3.02. The lowest BCUT2D eigenvalue weighted by atomic mass is 9.92. The molecule has 2 aliphatic rings. The number of carbonyl (C=O) groups is 2. The van der Waals surface area contributed by atoms with Crippen molar-refractivity contribution in [3.63, 3.8) is 0 Å². The van der Waals surface area contributed by atoms with Crippen LogP contribution in [0.5, 0.6) is 5.75 Å². The molecule has 5 nitrogen and oxygen atoms in total. The normalized spacial score (nSPS) is 25.8. The smallest absolute Gasteiger partial charge is 0.308 e. The molecule has 3 rings (SSSR count). The highest BCUT2D eigenvalue weighted by Crippen LogP contribution is 2.38. The summed E-state index contributed by atoms with van der Waals surface area (Å²) >= 11 is 0. The fourth-order valence-corrected chi connectivity index (χ4v) is 3.02. The van der Waals surface area contributed by atoms with E-state index in [0.717, 1.165) is 17.7 Å². The van der Waals surface area contributed by atoms with Crippen LogP contribution in [-0.4, -0.2) is 35.0 Å². The molecule has 5 heteroatoms. The van der Waals surface area contributed by atoms with E-state index in [1.807, 2.05) is 24.3 Å². The van der Waals surface area contributed by atoms with E-state index in [-0.39, 0.29) is 11.9 Å². The molecule has 20 heavy (non-hydrogen) atoms. The standard InChI is InChI=1S/C15H17NO4/c17-14-6-5-10(15(18)19)9-16(14)12-7-8-20-13-4-2-1-3-11(12)13/h1-4,10,12H,5-9H2,(H,18,19). The summed E-state index contributed by atoms with van der Waals surface area (Å²) in [6.07, 6.45) is 1.47. The topological polar surface area (TPSA) is 66.8 Å². The Labute approximate surface area is 117 Å². The van der Waals surface area contributed by atoms with Crippen LogP contribution in [0.1, 0.15) is 30.9 Å². The zero-order chi connectivity index (χ0) is 14.1. The summed E-state index contributed by atoms with van der Waals surface area (Å²) < 4.78 is 5.60. The van der Waals surface area contributed by atoms with Gasteiger partial charge in [-0.25, -0.2) is 0 Å². The highest BCUT2D eigenvalue weighted by atomic mass is 16.5. The number of aliphatic carboxylic acids is 1. The van der Waals surface area contributed by atoms with Gasteiger partial charge in [-0.05, 0) is 12.5 Å². The number of amides is 1. The molecule has 1 aromatic rings. The largest absolute Gasteiger partial charge is 0.493 e. The summed E-state index contributed by atoms with van der Waals surface area (Å²) in [6.45, 7) is 0.858. The van der Waals surface area contributed by atoms with Gasteiger partial charge in [-0.2, -0.15) is 0 Å². The van der Waals surface area contributed by atoms with Crippen molar-refractivity contribution in [2.45, 2.75) is 25.3 Å². The van der Waals surface area contributed by atoms with Gasteiger partial charge < -0.3 is 14.7 Å². The van der Waals surface area contributed by atoms with Crippen molar-refractivity contribution in [2.24, 2.45) is 5.92 Å². The first kappa shape index (κ1) is 13.0. The van der Waals surface area contributed by atoms with Gasteiger partial charge in [0.25, 0.3) is 0 Å². The van der Waals surface area contributed by atoms with Crippen LogP contribution >= 0.6 is 0 Å². The predicted octanol–water partition coefficient (Wildman–Crippen LogP) is 1.83. The number of carbonyl (C=O) groups excluding carboxylic acids is 1. The lowest BCUT2D eigenvalue weighted by Gasteiger charge is -2.39. The molecule has 0 radical (unpaired) electrons. The quantitative estimate of drug-likeness (QED) is 0.894. The van der Waals surface area contributed by atoms with E-state index in [1.165, 1.54) is 0 Å². The predicted molar refractivity (Wildman–Crippen MR) is 71.4 cm³/mol. The maximum Gasteiger partial charge on any atom is 0.308 e. The van der Waals surface area contributed by atoms with E-state index in [4.69, 9.17) is 4.74 Å². The van der Waals surface area contributed by atoms with Crippen LogP contribution in [0.3, 0.4) is 0 Å². The first-order valence-corrected chi connectivity index (χ1v) is 6.91. The Morgan fingerprint density at radius 3 is 2.90 bits per heavy atom. The van der Waals surface area contributed by atoms with Crippen molar-refractivity contribution in [1.82, 2.24) is 4.90 Å². The second kappa shape index (κ2) is 5.15. The molecule has 1 fully saturated rings. The number of likely N-dealkylation sites (tertiary alicyclic amines) is 1. The minimum atomic E-state index is -0.817. The molecule has 0 aromatic heterocycles. The molecule has 1 N–H and O–H groups in total. The van der Waals surface area contributed by atoms with Crippen LogP contribution < -0.4 is 4.74 Å². The van der Waals surface area contributed by atoms with Crippen LogP contribution in [0.2, 0.25) is 0 Å². The van der Waals surface area contributed by atoms with E-state index in [9.17, 15) is 14.7 Å². The van der Waals surface area contributed by atoms with Gasteiger partial charge in [0.15, 0.2) is 0 Å². The van der Waals surface area contributed by atoms with Crippen LogP contribution in [-0.2, 0) is 9.59 Å². The number of rotatable bonds is 2. The SMILES string of the molecule is O=C(O)C1CCC(=O)N(C2CCOc3ccccc32)C1. The van der Waals surface area contributed by atoms with Gasteiger partial charge >= 0.3 is 5.97 Å². The highest BCUT2D eigenvalue weighted by Gasteiger charge is 2.36. The molecular formula is C15H17NO4. The number of hydrogen-bond acceptors (Lipinski definition) is 3. The molecule has 0 spiro atoms. The number of para-hydroxylation sites is 1. The Bertz CT molecular complexity index is 542. The third kappa shape index (κ3) is 2.24. The molecule has 0 saturated carbocycles. The molecule has 1 amide bonds. The van der Waals surface area contributed by atoms with Crippen molar-refractivity contribution < 1.29 is 19.4 Å². The monoisotopic (exact) mass is 275 g/mol. The molecule has 1 saturated heterocycles. The zero-order valence-corrected chi connectivity index (χ0v) is 11.1. The summed E-state index contributed by atoms with van der Waals surface area (Å²) in [4.78, 5) is 25.1. The number of ether oxygens (including phenoxy) is 1. The Morgan fingerprint density at radius 2 is 2.10 bits per heavy atom. The Hall–Kier alpha value is -2.04. The minimum Gasteiger partial charge on any atom is -0.493 e. The average Bonchev–Trinajstić information content (AvgIpc) is 2.47. The van der Waals surface area contributed by atoms with Crippen LogP contribution in [0.4, 0.5) is 0 Å². The molecule has 2 heterocycles. The van der Waals surface area contributed by atoms with E-state index in [0.29, 0.717) is 26.0 Å². The van der Waals surface area contributed by atoms with Gasteiger partial charge in [0.05, 0.1) is 18.6 Å². The van der Waals surface area contributed by atoms with Crippen molar-refractivity contribution in [3.8, 4) is 5.75 Å². The summed E-state index contributed by atoms with van der Waals surface area (Å²) in [5, 5.41) is 9.17. The second-order valence-corrected chi connectivity index (χ2v) is 5.31. The molecule has 106 valence electrons. The molecule has 0 aliphatic carbocycles. The van der Waals surface area contributed by atoms with Gasteiger partial charge in [0.2, 0.25) is 5.91 Å². The van der Waals surface area contributed by atoms with Gasteiger partial charge in [-0.1, -0.05) is 18.2 Å². The number of nitrogens with zero attached hydrogens (tertiary/aromatic N) is 1. The van der Waals surface area contributed by atoms with E-state index < -0.39 is 11.9 Å². The number of piperidine rings is 1. The van der Waals surface area contributed by atoms with Crippen LogP contribution in [0.25, 0.3) is 0 Å². The first-order chi connectivity index (χ1) is 9.66. The first-order valence-electron chi connectivity index (χ1n) is 6.91. The van der Waals surface area contributed by atoms with E-state index in [2.05, 4.69) is 0 Å². The van der Waals surface area contributed by atoms with Crippen molar-refractivity contribution in [1.29, 1.82) is 0 Å².